The van der Waals surface area contributed by atoms with Crippen LogP contribution in [0, 0.1) is 11.8 Å². The lowest BCUT2D eigenvalue weighted by Gasteiger charge is -2.19. The third-order valence-corrected chi connectivity index (χ3v) is 4.30. The second-order valence-electron chi connectivity index (χ2n) is 6.23. The monoisotopic (exact) mass is 324 g/mol. The molecule has 22 heavy (non-hydrogen) atoms. The van der Waals surface area contributed by atoms with Gasteiger partial charge in [-0.1, -0.05) is 12.1 Å². The van der Waals surface area contributed by atoms with Crippen molar-refractivity contribution < 1.29 is 9.53 Å². The Morgan fingerprint density at radius 1 is 1.23 bits per heavy atom. The maximum Gasteiger partial charge on any atom is 0.234 e. The van der Waals surface area contributed by atoms with E-state index in [2.05, 4.69) is 22.8 Å². The SMILES string of the molecule is COc1ccc(C(NC(=O)CNCC2CC2)C2CC2)cc1.Cl. The quantitative estimate of drug-likeness (QED) is 0.773. The van der Waals surface area contributed by atoms with Crippen LogP contribution < -0.4 is 15.4 Å². The maximum absolute atomic E-state index is 12.1. The normalized spacial score (nSPS) is 18.2. The number of methoxy groups -OCH3 is 1. The van der Waals surface area contributed by atoms with Gasteiger partial charge in [0.05, 0.1) is 19.7 Å². The van der Waals surface area contributed by atoms with Gasteiger partial charge in [0.1, 0.15) is 5.75 Å². The van der Waals surface area contributed by atoms with Gasteiger partial charge in [0.15, 0.2) is 0 Å². The highest BCUT2D eigenvalue weighted by Gasteiger charge is 2.33. The summed E-state index contributed by atoms with van der Waals surface area (Å²) < 4.78 is 5.19. The van der Waals surface area contributed by atoms with Crippen LogP contribution in [-0.4, -0.2) is 26.1 Å². The van der Waals surface area contributed by atoms with Crippen molar-refractivity contribution in [2.45, 2.75) is 31.7 Å². The Balaban J connectivity index is 0.00000176. The van der Waals surface area contributed by atoms with E-state index in [0.29, 0.717) is 12.5 Å². The van der Waals surface area contributed by atoms with Crippen LogP contribution in [-0.2, 0) is 4.79 Å². The summed E-state index contributed by atoms with van der Waals surface area (Å²) in [6.45, 7) is 1.40. The molecule has 2 N–H and O–H groups in total. The zero-order chi connectivity index (χ0) is 14.7. The fraction of sp³-hybridized carbons (Fsp3) is 0.588. The summed E-state index contributed by atoms with van der Waals surface area (Å²) in [5, 5.41) is 6.43. The lowest BCUT2D eigenvalue weighted by molar-refractivity contribution is -0.121. The third kappa shape index (κ3) is 4.89. The zero-order valence-electron chi connectivity index (χ0n) is 13.0. The molecular formula is C17H25ClN2O2. The highest BCUT2D eigenvalue weighted by atomic mass is 35.5. The number of ether oxygens (including phenoxy) is 1. The Morgan fingerprint density at radius 3 is 2.45 bits per heavy atom. The van der Waals surface area contributed by atoms with Crippen LogP contribution in [0.25, 0.3) is 0 Å². The molecule has 4 nitrogen and oxygen atoms in total. The molecule has 0 aliphatic heterocycles. The Morgan fingerprint density at radius 2 is 1.91 bits per heavy atom. The standard InChI is InChI=1S/C17H24N2O2.ClH/c1-21-15-8-6-14(7-9-15)17(13-4-5-13)19-16(20)11-18-10-12-2-3-12;/h6-9,12-13,17-18H,2-5,10-11H2,1H3,(H,19,20);1H. The Bertz CT molecular complexity index is 484. The molecule has 0 radical (unpaired) electrons. The molecule has 1 unspecified atom stereocenters. The Hall–Kier alpha value is -1.26. The number of rotatable bonds is 8. The van der Waals surface area contributed by atoms with Gasteiger partial charge in [-0.15, -0.1) is 12.4 Å². The van der Waals surface area contributed by atoms with E-state index in [0.717, 1.165) is 18.2 Å². The number of nitrogens with one attached hydrogen (secondary N) is 2. The first-order valence-electron chi connectivity index (χ1n) is 7.90. The molecule has 0 bridgehead atoms. The molecule has 1 amide bonds. The van der Waals surface area contributed by atoms with Crippen molar-refractivity contribution in [3.8, 4) is 5.75 Å². The first kappa shape index (κ1) is 17.1. The van der Waals surface area contributed by atoms with Crippen LogP contribution in [0.1, 0.15) is 37.3 Å². The third-order valence-electron chi connectivity index (χ3n) is 4.30. The molecule has 5 heteroatoms. The highest BCUT2D eigenvalue weighted by Crippen LogP contribution is 2.41. The van der Waals surface area contributed by atoms with Crippen molar-refractivity contribution in [1.29, 1.82) is 0 Å². The van der Waals surface area contributed by atoms with Gasteiger partial charge in [0, 0.05) is 0 Å². The molecule has 0 aromatic heterocycles. The van der Waals surface area contributed by atoms with E-state index in [4.69, 9.17) is 4.74 Å². The molecule has 2 saturated carbocycles. The van der Waals surface area contributed by atoms with Crippen molar-refractivity contribution in [1.82, 2.24) is 10.6 Å². The van der Waals surface area contributed by atoms with Crippen LogP contribution >= 0.6 is 12.4 Å². The smallest absolute Gasteiger partial charge is 0.234 e. The Kier molecular flexibility index (Phi) is 6.09. The Labute approximate surface area is 138 Å². The van der Waals surface area contributed by atoms with Crippen molar-refractivity contribution in [3.05, 3.63) is 29.8 Å². The van der Waals surface area contributed by atoms with E-state index >= 15 is 0 Å². The fourth-order valence-corrected chi connectivity index (χ4v) is 2.65. The largest absolute Gasteiger partial charge is 0.497 e. The minimum absolute atomic E-state index is 0. The van der Waals surface area contributed by atoms with Gasteiger partial charge in [-0.25, -0.2) is 0 Å². The average molecular weight is 325 g/mol. The maximum atomic E-state index is 12.1. The van der Waals surface area contributed by atoms with Gasteiger partial charge >= 0.3 is 0 Å². The number of halogens is 1. The molecule has 1 atom stereocenters. The minimum Gasteiger partial charge on any atom is -0.497 e. The lowest BCUT2D eigenvalue weighted by atomic mass is 10.0. The van der Waals surface area contributed by atoms with E-state index in [1.54, 1.807) is 7.11 Å². The molecule has 3 rings (SSSR count). The molecule has 2 fully saturated rings. The first-order chi connectivity index (χ1) is 10.3. The van der Waals surface area contributed by atoms with Gasteiger partial charge in [0.2, 0.25) is 5.91 Å². The summed E-state index contributed by atoms with van der Waals surface area (Å²) >= 11 is 0. The molecular weight excluding hydrogens is 300 g/mol. The lowest BCUT2D eigenvalue weighted by Crippen LogP contribution is -2.37. The molecule has 0 saturated heterocycles. The van der Waals surface area contributed by atoms with Crippen molar-refractivity contribution in [3.63, 3.8) is 0 Å². The topological polar surface area (TPSA) is 50.4 Å². The predicted molar refractivity (Wildman–Crippen MR) is 89.4 cm³/mol. The molecule has 2 aliphatic rings. The number of carbonyl (C=O) groups is 1. The predicted octanol–water partition coefficient (Wildman–Crippen LogP) is 2.68. The van der Waals surface area contributed by atoms with Gasteiger partial charge in [-0.2, -0.15) is 0 Å². The average Bonchev–Trinajstić information content (AvgIpc) is 3.38. The van der Waals surface area contributed by atoms with Crippen LogP contribution in [0.4, 0.5) is 0 Å². The summed E-state index contributed by atoms with van der Waals surface area (Å²) in [6.07, 6.45) is 5.02. The van der Waals surface area contributed by atoms with E-state index < -0.39 is 0 Å². The van der Waals surface area contributed by atoms with Crippen molar-refractivity contribution in [2.75, 3.05) is 20.2 Å². The number of benzene rings is 1. The molecule has 1 aromatic carbocycles. The molecule has 1 aromatic rings. The summed E-state index contributed by atoms with van der Waals surface area (Å²) in [5.41, 5.74) is 1.17. The van der Waals surface area contributed by atoms with E-state index in [1.165, 1.54) is 31.2 Å². The van der Waals surface area contributed by atoms with Gasteiger partial charge in [-0.05, 0) is 61.8 Å². The summed E-state index contributed by atoms with van der Waals surface area (Å²) in [4.78, 5) is 12.1. The van der Waals surface area contributed by atoms with Crippen LogP contribution in [0.15, 0.2) is 24.3 Å². The molecule has 0 heterocycles. The number of hydrogen-bond acceptors (Lipinski definition) is 3. The van der Waals surface area contributed by atoms with Gasteiger partial charge < -0.3 is 15.4 Å². The minimum atomic E-state index is 0. The van der Waals surface area contributed by atoms with E-state index in [9.17, 15) is 4.79 Å². The van der Waals surface area contributed by atoms with Crippen LogP contribution in [0.5, 0.6) is 5.75 Å². The molecule has 122 valence electrons. The molecule has 0 spiro atoms. The van der Waals surface area contributed by atoms with E-state index in [-0.39, 0.29) is 24.4 Å². The van der Waals surface area contributed by atoms with Crippen molar-refractivity contribution >= 4 is 18.3 Å². The summed E-state index contributed by atoms with van der Waals surface area (Å²) in [6, 6.07) is 8.18. The van der Waals surface area contributed by atoms with Crippen molar-refractivity contribution in [2.24, 2.45) is 11.8 Å². The van der Waals surface area contributed by atoms with Gasteiger partial charge in [-0.3, -0.25) is 4.79 Å². The second-order valence-corrected chi connectivity index (χ2v) is 6.23. The van der Waals surface area contributed by atoms with Crippen LogP contribution in [0.3, 0.4) is 0 Å². The zero-order valence-corrected chi connectivity index (χ0v) is 13.8. The second kappa shape index (κ2) is 7.84. The van der Waals surface area contributed by atoms with E-state index in [1.807, 2.05) is 12.1 Å². The number of carbonyl (C=O) groups excluding carboxylic acids is 1. The fourth-order valence-electron chi connectivity index (χ4n) is 2.65. The van der Waals surface area contributed by atoms with Crippen LogP contribution in [0.2, 0.25) is 0 Å². The van der Waals surface area contributed by atoms with Gasteiger partial charge in [0.25, 0.3) is 0 Å². The molecule has 2 aliphatic carbocycles. The number of hydrogen-bond donors (Lipinski definition) is 2. The number of amides is 1. The summed E-state index contributed by atoms with van der Waals surface area (Å²) in [7, 11) is 1.67. The first-order valence-corrected chi connectivity index (χ1v) is 7.90. The summed E-state index contributed by atoms with van der Waals surface area (Å²) in [5.74, 6) is 2.35. The highest BCUT2D eigenvalue weighted by molar-refractivity contribution is 5.85.